The number of likely N-dealkylation sites (tertiary alicyclic amines) is 1. The molecule has 2 aliphatic heterocycles. The molecule has 1 aromatic rings. The minimum Gasteiger partial charge on any atom is -0.351 e. The molecule has 0 bridgehead atoms. The summed E-state index contributed by atoms with van der Waals surface area (Å²) in [4.78, 5) is 25.4. The van der Waals surface area contributed by atoms with E-state index in [-0.39, 0.29) is 17.9 Å². The van der Waals surface area contributed by atoms with Crippen molar-refractivity contribution in [2.75, 3.05) is 13.1 Å². The monoisotopic (exact) mass is 258 g/mol. The van der Waals surface area contributed by atoms with Crippen LogP contribution in [0.1, 0.15) is 17.5 Å². The van der Waals surface area contributed by atoms with Crippen molar-refractivity contribution < 1.29 is 9.59 Å². The Morgan fingerprint density at radius 3 is 2.74 bits per heavy atom. The Balaban J connectivity index is 1.60. The minimum atomic E-state index is 0.126. The molecule has 0 aromatic heterocycles. The first kappa shape index (κ1) is 12.2. The average molecular weight is 258 g/mol. The van der Waals surface area contributed by atoms with Gasteiger partial charge in [-0.1, -0.05) is 29.8 Å². The lowest BCUT2D eigenvalue weighted by molar-refractivity contribution is -0.130. The van der Waals surface area contributed by atoms with Crippen LogP contribution in [0.5, 0.6) is 0 Å². The molecule has 19 heavy (non-hydrogen) atoms. The minimum absolute atomic E-state index is 0.126. The SMILES string of the molecule is Cc1ccc(CC(=O)N2C[C@@H]3CC(=O)N[C@@H]3C2)cc1. The Bertz CT molecular complexity index is 493. The molecular formula is C15H18N2O2. The second-order valence-electron chi connectivity index (χ2n) is 5.60. The number of benzene rings is 1. The van der Waals surface area contributed by atoms with E-state index in [1.54, 1.807) is 0 Å². The second kappa shape index (κ2) is 4.68. The molecule has 100 valence electrons. The first-order chi connectivity index (χ1) is 9.11. The summed E-state index contributed by atoms with van der Waals surface area (Å²) >= 11 is 0. The van der Waals surface area contributed by atoms with E-state index in [9.17, 15) is 9.59 Å². The molecule has 2 heterocycles. The van der Waals surface area contributed by atoms with E-state index in [0.29, 0.717) is 31.8 Å². The highest BCUT2D eigenvalue weighted by molar-refractivity contribution is 5.82. The summed E-state index contributed by atoms with van der Waals surface area (Å²) in [7, 11) is 0. The number of carbonyl (C=O) groups excluding carboxylic acids is 2. The zero-order valence-electron chi connectivity index (χ0n) is 11.1. The van der Waals surface area contributed by atoms with E-state index in [2.05, 4.69) is 5.32 Å². The number of carbonyl (C=O) groups is 2. The van der Waals surface area contributed by atoms with Crippen molar-refractivity contribution in [2.45, 2.75) is 25.8 Å². The van der Waals surface area contributed by atoms with Crippen molar-refractivity contribution in [3.8, 4) is 0 Å². The summed E-state index contributed by atoms with van der Waals surface area (Å²) in [5.74, 6) is 0.600. The molecular weight excluding hydrogens is 240 g/mol. The highest BCUT2D eigenvalue weighted by Gasteiger charge is 2.41. The van der Waals surface area contributed by atoms with Crippen LogP contribution in [0.4, 0.5) is 0 Å². The topological polar surface area (TPSA) is 49.4 Å². The standard InChI is InChI=1S/C15H18N2O2/c1-10-2-4-11(5-3-10)6-15(19)17-8-12-7-14(18)16-13(12)9-17/h2-5,12-13H,6-9H2,1H3,(H,16,18)/t12-,13+/m0/s1. The highest BCUT2D eigenvalue weighted by Crippen LogP contribution is 2.25. The summed E-state index contributed by atoms with van der Waals surface area (Å²) in [6.07, 6.45) is 1.02. The van der Waals surface area contributed by atoms with E-state index in [0.717, 1.165) is 5.56 Å². The molecule has 2 amide bonds. The van der Waals surface area contributed by atoms with Crippen molar-refractivity contribution in [2.24, 2.45) is 5.92 Å². The van der Waals surface area contributed by atoms with Crippen LogP contribution in [0, 0.1) is 12.8 Å². The van der Waals surface area contributed by atoms with Gasteiger partial charge in [0.2, 0.25) is 11.8 Å². The molecule has 0 unspecified atom stereocenters. The highest BCUT2D eigenvalue weighted by atomic mass is 16.2. The summed E-state index contributed by atoms with van der Waals surface area (Å²) in [5.41, 5.74) is 2.26. The van der Waals surface area contributed by atoms with Crippen LogP contribution in [-0.2, 0) is 16.0 Å². The second-order valence-corrected chi connectivity index (χ2v) is 5.60. The molecule has 4 nitrogen and oxygen atoms in total. The number of fused-ring (bicyclic) bond motifs is 1. The predicted molar refractivity (Wildman–Crippen MR) is 71.5 cm³/mol. The lowest BCUT2D eigenvalue weighted by Crippen LogP contribution is -2.36. The summed E-state index contributed by atoms with van der Waals surface area (Å²) in [5, 5.41) is 2.94. The van der Waals surface area contributed by atoms with Crippen molar-refractivity contribution in [1.29, 1.82) is 0 Å². The van der Waals surface area contributed by atoms with E-state index in [4.69, 9.17) is 0 Å². The first-order valence-corrected chi connectivity index (χ1v) is 6.74. The molecule has 2 fully saturated rings. The van der Waals surface area contributed by atoms with Gasteiger partial charge in [-0.05, 0) is 12.5 Å². The van der Waals surface area contributed by atoms with Crippen molar-refractivity contribution in [3.05, 3.63) is 35.4 Å². The van der Waals surface area contributed by atoms with E-state index >= 15 is 0 Å². The zero-order chi connectivity index (χ0) is 13.4. The van der Waals surface area contributed by atoms with Gasteiger partial charge in [-0.25, -0.2) is 0 Å². The molecule has 0 aliphatic carbocycles. The summed E-state index contributed by atoms with van der Waals surface area (Å²) < 4.78 is 0. The van der Waals surface area contributed by atoms with Crippen molar-refractivity contribution in [1.82, 2.24) is 10.2 Å². The van der Waals surface area contributed by atoms with Crippen LogP contribution < -0.4 is 5.32 Å². The molecule has 0 saturated carbocycles. The third-order valence-electron chi connectivity index (χ3n) is 4.06. The fourth-order valence-electron chi connectivity index (χ4n) is 2.94. The number of hydrogen-bond donors (Lipinski definition) is 1. The molecule has 0 radical (unpaired) electrons. The lowest BCUT2D eigenvalue weighted by atomic mass is 10.1. The zero-order valence-corrected chi connectivity index (χ0v) is 11.1. The Hall–Kier alpha value is -1.84. The van der Waals surface area contributed by atoms with Gasteiger partial charge in [0.15, 0.2) is 0 Å². The van der Waals surface area contributed by atoms with Gasteiger partial charge in [-0.2, -0.15) is 0 Å². The Morgan fingerprint density at radius 1 is 1.32 bits per heavy atom. The Morgan fingerprint density at radius 2 is 2.05 bits per heavy atom. The number of nitrogens with one attached hydrogen (secondary N) is 1. The molecule has 4 heteroatoms. The van der Waals surface area contributed by atoms with E-state index < -0.39 is 0 Å². The fourth-order valence-corrected chi connectivity index (χ4v) is 2.94. The maximum Gasteiger partial charge on any atom is 0.227 e. The third kappa shape index (κ3) is 2.48. The summed E-state index contributed by atoms with van der Waals surface area (Å²) in [6.45, 7) is 3.42. The largest absolute Gasteiger partial charge is 0.351 e. The normalized spacial score (nSPS) is 25.3. The maximum atomic E-state index is 12.2. The van der Waals surface area contributed by atoms with Crippen LogP contribution in [0.25, 0.3) is 0 Å². The average Bonchev–Trinajstić information content (AvgIpc) is 2.89. The van der Waals surface area contributed by atoms with Crippen LogP contribution in [0.2, 0.25) is 0 Å². The van der Waals surface area contributed by atoms with Crippen LogP contribution in [0.15, 0.2) is 24.3 Å². The Labute approximate surface area is 112 Å². The number of aryl methyl sites for hydroxylation is 1. The first-order valence-electron chi connectivity index (χ1n) is 6.74. The third-order valence-corrected chi connectivity index (χ3v) is 4.06. The number of nitrogens with zero attached hydrogens (tertiary/aromatic N) is 1. The van der Waals surface area contributed by atoms with Gasteiger partial charge in [0.05, 0.1) is 12.5 Å². The van der Waals surface area contributed by atoms with Crippen LogP contribution in [-0.4, -0.2) is 35.8 Å². The molecule has 3 rings (SSSR count). The summed E-state index contributed by atoms with van der Waals surface area (Å²) in [6, 6.07) is 8.25. The number of hydrogen-bond acceptors (Lipinski definition) is 2. The maximum absolute atomic E-state index is 12.2. The van der Waals surface area contributed by atoms with Gasteiger partial charge in [0.25, 0.3) is 0 Å². The molecule has 1 aromatic carbocycles. The quantitative estimate of drug-likeness (QED) is 0.856. The van der Waals surface area contributed by atoms with E-state index in [1.165, 1.54) is 5.56 Å². The molecule has 1 N–H and O–H groups in total. The van der Waals surface area contributed by atoms with Crippen molar-refractivity contribution >= 4 is 11.8 Å². The number of amides is 2. The Kier molecular flexibility index (Phi) is 3.01. The van der Waals surface area contributed by atoms with E-state index in [1.807, 2.05) is 36.1 Å². The fraction of sp³-hybridized carbons (Fsp3) is 0.467. The smallest absolute Gasteiger partial charge is 0.227 e. The van der Waals surface area contributed by atoms with Crippen LogP contribution >= 0.6 is 0 Å². The van der Waals surface area contributed by atoms with Gasteiger partial charge in [-0.15, -0.1) is 0 Å². The molecule has 2 saturated heterocycles. The molecule has 2 atom stereocenters. The van der Waals surface area contributed by atoms with Gasteiger partial charge < -0.3 is 10.2 Å². The lowest BCUT2D eigenvalue weighted by Gasteiger charge is -2.17. The predicted octanol–water partition coefficient (Wildman–Crippen LogP) is 0.884. The number of rotatable bonds is 2. The van der Waals surface area contributed by atoms with Gasteiger partial charge in [0, 0.05) is 25.4 Å². The van der Waals surface area contributed by atoms with Crippen LogP contribution in [0.3, 0.4) is 0 Å². The van der Waals surface area contributed by atoms with Crippen molar-refractivity contribution in [3.63, 3.8) is 0 Å². The molecule has 2 aliphatic rings. The van der Waals surface area contributed by atoms with Gasteiger partial charge >= 0.3 is 0 Å². The molecule has 0 spiro atoms. The van der Waals surface area contributed by atoms with Gasteiger partial charge in [-0.3, -0.25) is 9.59 Å². The van der Waals surface area contributed by atoms with Gasteiger partial charge in [0.1, 0.15) is 0 Å².